The molecule has 108 valence electrons. The summed E-state index contributed by atoms with van der Waals surface area (Å²) in [6.07, 6.45) is 4.28. The average molecular weight is 294 g/mol. The third-order valence-corrected chi connectivity index (χ3v) is 3.75. The lowest BCUT2D eigenvalue weighted by atomic mass is 10.3. The van der Waals surface area contributed by atoms with E-state index in [0.717, 1.165) is 18.1 Å². The molecule has 0 atom stereocenters. The smallest absolute Gasteiger partial charge is 0.140 e. The first kappa shape index (κ1) is 14.9. The quantitative estimate of drug-likeness (QED) is 0.753. The van der Waals surface area contributed by atoms with Gasteiger partial charge in [-0.3, -0.25) is 0 Å². The fourth-order valence-corrected chi connectivity index (χ4v) is 2.49. The van der Waals surface area contributed by atoms with Gasteiger partial charge >= 0.3 is 0 Å². The average Bonchev–Trinajstić information content (AvgIpc) is 2.91. The number of ether oxygens (including phenoxy) is 1. The van der Waals surface area contributed by atoms with E-state index in [1.165, 1.54) is 29.9 Å². The first-order chi connectivity index (χ1) is 9.78. The van der Waals surface area contributed by atoms with Crippen molar-refractivity contribution in [2.24, 2.45) is 0 Å². The Hall–Kier alpha value is -1.46. The van der Waals surface area contributed by atoms with Gasteiger partial charge in [0.15, 0.2) is 0 Å². The number of benzene rings is 1. The van der Waals surface area contributed by atoms with Crippen LogP contribution in [0.25, 0.3) is 0 Å². The molecule has 1 N–H and O–H groups in total. The van der Waals surface area contributed by atoms with Crippen LogP contribution in [0.1, 0.15) is 29.7 Å². The molecule has 0 aliphatic heterocycles. The van der Waals surface area contributed by atoms with Crippen molar-refractivity contribution in [3.63, 3.8) is 0 Å². The second kappa shape index (κ2) is 7.97. The molecule has 2 aromatic rings. The van der Waals surface area contributed by atoms with E-state index in [-0.39, 0.29) is 5.82 Å². The summed E-state index contributed by atoms with van der Waals surface area (Å²) in [6.45, 7) is 4.49. The Bertz CT molecular complexity index is 513. The van der Waals surface area contributed by atoms with E-state index in [0.29, 0.717) is 12.4 Å². The monoisotopic (exact) mass is 294 g/mol. The number of nitrogens with zero attached hydrogens (tertiary/aromatic N) is 1. The highest BCUT2D eigenvalue weighted by molar-refractivity contribution is 7.11. The summed E-state index contributed by atoms with van der Waals surface area (Å²) < 4.78 is 18.3. The summed E-state index contributed by atoms with van der Waals surface area (Å²) in [4.78, 5) is 5.53. The molecule has 3 nitrogen and oxygen atoms in total. The molecule has 0 aliphatic rings. The number of halogens is 1. The molecule has 0 saturated carbocycles. The molecular formula is C15H19FN2OS. The van der Waals surface area contributed by atoms with Crippen molar-refractivity contribution in [1.29, 1.82) is 0 Å². The van der Waals surface area contributed by atoms with Gasteiger partial charge in [0.05, 0.1) is 0 Å². The lowest BCUT2D eigenvalue weighted by Crippen LogP contribution is -2.13. The van der Waals surface area contributed by atoms with Crippen molar-refractivity contribution >= 4 is 11.3 Å². The SMILES string of the molecule is CCCCNCc1cnc(COc2ccc(F)cc2)s1. The number of nitrogens with one attached hydrogen (secondary N) is 1. The number of rotatable bonds is 8. The summed E-state index contributed by atoms with van der Waals surface area (Å²) in [5.74, 6) is 0.399. The van der Waals surface area contributed by atoms with Gasteiger partial charge in [0.25, 0.3) is 0 Å². The van der Waals surface area contributed by atoms with Crippen molar-refractivity contribution in [1.82, 2.24) is 10.3 Å². The minimum absolute atomic E-state index is 0.257. The van der Waals surface area contributed by atoms with E-state index in [1.54, 1.807) is 23.5 Å². The lowest BCUT2D eigenvalue weighted by molar-refractivity contribution is 0.305. The first-order valence-corrected chi connectivity index (χ1v) is 7.62. The molecule has 1 aromatic heterocycles. The number of thiazole rings is 1. The van der Waals surface area contributed by atoms with Crippen LogP contribution in [0.4, 0.5) is 4.39 Å². The number of unbranched alkanes of at least 4 members (excludes halogenated alkanes) is 1. The van der Waals surface area contributed by atoms with Crippen LogP contribution < -0.4 is 10.1 Å². The Kier molecular flexibility index (Phi) is 5.95. The molecule has 0 bridgehead atoms. The minimum Gasteiger partial charge on any atom is -0.486 e. The van der Waals surface area contributed by atoms with Crippen molar-refractivity contribution in [3.05, 3.63) is 46.2 Å². The standard InChI is InChI=1S/C15H19FN2OS/c1-2-3-8-17-9-14-10-18-15(20-14)11-19-13-6-4-12(16)5-7-13/h4-7,10,17H,2-3,8-9,11H2,1H3. The zero-order valence-electron chi connectivity index (χ0n) is 11.6. The predicted octanol–water partition coefficient (Wildman–Crippen LogP) is 3.75. The van der Waals surface area contributed by atoms with Crippen LogP contribution in [0.5, 0.6) is 5.75 Å². The summed E-state index contributed by atoms with van der Waals surface area (Å²) in [7, 11) is 0. The van der Waals surface area contributed by atoms with E-state index in [4.69, 9.17) is 4.74 Å². The summed E-state index contributed by atoms with van der Waals surface area (Å²) in [5, 5.41) is 4.32. The molecule has 2 rings (SSSR count). The van der Waals surface area contributed by atoms with Gasteiger partial charge in [-0.05, 0) is 37.2 Å². The van der Waals surface area contributed by atoms with Crippen molar-refractivity contribution < 1.29 is 9.13 Å². The maximum Gasteiger partial charge on any atom is 0.140 e. The molecule has 0 unspecified atom stereocenters. The van der Waals surface area contributed by atoms with Gasteiger partial charge in [-0.2, -0.15) is 0 Å². The molecule has 0 radical (unpaired) electrons. The predicted molar refractivity (Wildman–Crippen MR) is 79.5 cm³/mol. The van der Waals surface area contributed by atoms with Crippen LogP contribution in [0.3, 0.4) is 0 Å². The Balaban J connectivity index is 1.76. The van der Waals surface area contributed by atoms with E-state index < -0.39 is 0 Å². The van der Waals surface area contributed by atoms with Crippen molar-refractivity contribution in [2.75, 3.05) is 6.54 Å². The molecule has 0 aliphatic carbocycles. The lowest BCUT2D eigenvalue weighted by Gasteiger charge is -2.03. The third-order valence-electron chi connectivity index (χ3n) is 2.78. The van der Waals surface area contributed by atoms with Gasteiger partial charge in [0.2, 0.25) is 0 Å². The van der Waals surface area contributed by atoms with E-state index in [1.807, 2.05) is 6.20 Å². The molecule has 0 fully saturated rings. The Morgan fingerprint density at radius 2 is 2.10 bits per heavy atom. The summed E-state index contributed by atoms with van der Waals surface area (Å²) >= 11 is 1.64. The topological polar surface area (TPSA) is 34.2 Å². The second-order valence-electron chi connectivity index (χ2n) is 4.49. The Labute approximate surface area is 122 Å². The number of hydrogen-bond acceptors (Lipinski definition) is 4. The molecule has 1 aromatic carbocycles. The number of hydrogen-bond donors (Lipinski definition) is 1. The van der Waals surface area contributed by atoms with Gasteiger partial charge in [-0.15, -0.1) is 11.3 Å². The third kappa shape index (κ3) is 4.90. The van der Waals surface area contributed by atoms with Gasteiger partial charge in [0, 0.05) is 17.6 Å². The largest absolute Gasteiger partial charge is 0.486 e. The molecule has 1 heterocycles. The Morgan fingerprint density at radius 3 is 2.85 bits per heavy atom. The van der Waals surface area contributed by atoms with Crippen LogP contribution in [0, 0.1) is 5.82 Å². The molecule has 5 heteroatoms. The van der Waals surface area contributed by atoms with Gasteiger partial charge in [0.1, 0.15) is 23.2 Å². The zero-order chi connectivity index (χ0) is 14.2. The minimum atomic E-state index is -0.257. The summed E-state index contributed by atoms with van der Waals surface area (Å²) in [5.41, 5.74) is 0. The molecule has 0 saturated heterocycles. The van der Waals surface area contributed by atoms with Gasteiger partial charge in [-0.1, -0.05) is 13.3 Å². The first-order valence-electron chi connectivity index (χ1n) is 6.80. The second-order valence-corrected chi connectivity index (χ2v) is 5.69. The van der Waals surface area contributed by atoms with Crippen LogP contribution >= 0.6 is 11.3 Å². The Morgan fingerprint density at radius 1 is 1.30 bits per heavy atom. The van der Waals surface area contributed by atoms with Gasteiger partial charge < -0.3 is 10.1 Å². The highest BCUT2D eigenvalue weighted by atomic mass is 32.1. The number of aromatic nitrogens is 1. The highest BCUT2D eigenvalue weighted by Crippen LogP contribution is 2.17. The van der Waals surface area contributed by atoms with Crippen molar-refractivity contribution in [3.8, 4) is 5.75 Å². The van der Waals surface area contributed by atoms with E-state index in [2.05, 4.69) is 17.2 Å². The van der Waals surface area contributed by atoms with Crippen LogP contribution in [0.2, 0.25) is 0 Å². The molecule has 0 amide bonds. The van der Waals surface area contributed by atoms with E-state index in [9.17, 15) is 4.39 Å². The maximum absolute atomic E-state index is 12.8. The molecular weight excluding hydrogens is 275 g/mol. The van der Waals surface area contributed by atoms with Crippen LogP contribution in [0.15, 0.2) is 30.5 Å². The fraction of sp³-hybridized carbons (Fsp3) is 0.400. The molecule has 0 spiro atoms. The van der Waals surface area contributed by atoms with E-state index >= 15 is 0 Å². The van der Waals surface area contributed by atoms with Crippen LogP contribution in [-0.2, 0) is 13.2 Å². The van der Waals surface area contributed by atoms with Crippen LogP contribution in [-0.4, -0.2) is 11.5 Å². The fourth-order valence-electron chi connectivity index (χ4n) is 1.69. The maximum atomic E-state index is 12.8. The van der Waals surface area contributed by atoms with Gasteiger partial charge in [-0.25, -0.2) is 9.37 Å². The normalized spacial score (nSPS) is 10.7. The summed E-state index contributed by atoms with van der Waals surface area (Å²) in [6, 6.07) is 6.02. The zero-order valence-corrected chi connectivity index (χ0v) is 12.4. The van der Waals surface area contributed by atoms with Crippen molar-refractivity contribution in [2.45, 2.75) is 32.9 Å². The molecule has 20 heavy (non-hydrogen) atoms. The highest BCUT2D eigenvalue weighted by Gasteiger charge is 2.03.